The second kappa shape index (κ2) is 4.32. The fraction of sp³-hybridized carbons (Fsp3) is 0.273. The van der Waals surface area contributed by atoms with Gasteiger partial charge in [0.2, 0.25) is 0 Å². The first-order valence-electron chi connectivity index (χ1n) is 5.11. The summed E-state index contributed by atoms with van der Waals surface area (Å²) < 4.78 is 0. The van der Waals surface area contributed by atoms with Crippen molar-refractivity contribution in [3.63, 3.8) is 0 Å². The van der Waals surface area contributed by atoms with Gasteiger partial charge in [-0.15, -0.1) is 0 Å². The highest BCUT2D eigenvalue weighted by Gasteiger charge is 2.17. The molecule has 0 spiro atoms. The summed E-state index contributed by atoms with van der Waals surface area (Å²) in [4.78, 5) is 11.5. The molecule has 0 aliphatic rings. The third-order valence-corrected chi connectivity index (χ3v) is 2.48. The normalized spacial score (nSPS) is 12.6. The van der Waals surface area contributed by atoms with Crippen LogP contribution < -0.4 is 11.1 Å². The van der Waals surface area contributed by atoms with Gasteiger partial charge in [0.05, 0.1) is 6.04 Å². The molecule has 5 nitrogen and oxygen atoms in total. The van der Waals surface area contributed by atoms with E-state index in [4.69, 9.17) is 5.73 Å². The maximum absolute atomic E-state index is 5.88. The average molecular weight is 217 g/mol. The lowest BCUT2D eigenvalue weighted by molar-refractivity contribution is 0.654. The van der Waals surface area contributed by atoms with Gasteiger partial charge in [0.15, 0.2) is 0 Å². The molecule has 2 rings (SSSR count). The Hall–Kier alpha value is -1.88. The summed E-state index contributed by atoms with van der Waals surface area (Å²) in [5.41, 5.74) is 7.90. The molecule has 1 atom stereocenters. The second-order valence-corrected chi connectivity index (χ2v) is 3.68. The van der Waals surface area contributed by atoms with E-state index in [1.165, 1.54) is 0 Å². The molecule has 2 aromatic rings. The van der Waals surface area contributed by atoms with Crippen molar-refractivity contribution in [3.8, 4) is 0 Å². The molecular weight excluding hydrogens is 202 g/mol. The van der Waals surface area contributed by atoms with Gasteiger partial charge < -0.3 is 16.0 Å². The van der Waals surface area contributed by atoms with Crippen molar-refractivity contribution in [3.05, 3.63) is 41.6 Å². The number of nitrogens with zero attached hydrogens (tertiary/aromatic N) is 2. The summed E-state index contributed by atoms with van der Waals surface area (Å²) >= 11 is 0. The lowest BCUT2D eigenvalue weighted by Crippen LogP contribution is -2.21. The van der Waals surface area contributed by atoms with Crippen molar-refractivity contribution in [2.45, 2.75) is 13.0 Å². The molecule has 2 heterocycles. The summed E-state index contributed by atoms with van der Waals surface area (Å²) in [6.07, 6.45) is 5.27. The molecule has 0 amide bonds. The number of pyridine rings is 1. The quantitative estimate of drug-likeness (QED) is 0.716. The van der Waals surface area contributed by atoms with Crippen LogP contribution in [0.15, 0.2) is 24.7 Å². The highest BCUT2D eigenvalue weighted by Crippen LogP contribution is 2.23. The van der Waals surface area contributed by atoms with Gasteiger partial charge in [0.25, 0.3) is 0 Å². The van der Waals surface area contributed by atoms with Gasteiger partial charge in [-0.05, 0) is 25.6 Å². The molecule has 0 aromatic carbocycles. The van der Waals surface area contributed by atoms with Crippen molar-refractivity contribution >= 4 is 5.82 Å². The third kappa shape index (κ3) is 1.90. The molecule has 2 aromatic heterocycles. The molecule has 0 bridgehead atoms. The Labute approximate surface area is 94.1 Å². The molecule has 0 saturated carbocycles. The van der Waals surface area contributed by atoms with E-state index < -0.39 is 0 Å². The van der Waals surface area contributed by atoms with E-state index in [1.807, 2.05) is 20.0 Å². The lowest BCUT2D eigenvalue weighted by Gasteiger charge is -2.16. The van der Waals surface area contributed by atoms with Gasteiger partial charge in [-0.3, -0.25) is 0 Å². The standard InChI is InChI=1S/C11H15N5/c1-7-5-8(10(12)16-6-7)9(13-2)11-14-3-4-15-11/h3-6,9,13H,1-2H3,(H2,12,16)(H,14,15). The largest absolute Gasteiger partial charge is 0.383 e. The summed E-state index contributed by atoms with van der Waals surface area (Å²) in [7, 11) is 1.87. The molecular formula is C11H15N5. The fourth-order valence-corrected chi connectivity index (χ4v) is 1.71. The number of aryl methyl sites for hydroxylation is 1. The SMILES string of the molecule is CNC(c1ncc[nH]1)c1cc(C)cnc1N. The number of aromatic amines is 1. The predicted octanol–water partition coefficient (Wildman–Crippen LogP) is 1.00. The number of imidazole rings is 1. The zero-order valence-electron chi connectivity index (χ0n) is 9.36. The van der Waals surface area contributed by atoms with E-state index in [9.17, 15) is 0 Å². The highest BCUT2D eigenvalue weighted by molar-refractivity contribution is 5.45. The van der Waals surface area contributed by atoms with E-state index in [0.717, 1.165) is 17.0 Å². The van der Waals surface area contributed by atoms with Crippen LogP contribution in [-0.4, -0.2) is 22.0 Å². The van der Waals surface area contributed by atoms with Gasteiger partial charge in [0, 0.05) is 24.2 Å². The molecule has 0 radical (unpaired) electrons. The van der Waals surface area contributed by atoms with Crippen LogP contribution in [0.1, 0.15) is 23.0 Å². The predicted molar refractivity (Wildman–Crippen MR) is 62.9 cm³/mol. The number of nitrogens with two attached hydrogens (primary N) is 1. The van der Waals surface area contributed by atoms with Gasteiger partial charge in [-0.1, -0.05) is 0 Å². The van der Waals surface area contributed by atoms with Crippen molar-refractivity contribution < 1.29 is 0 Å². The topological polar surface area (TPSA) is 79.6 Å². The smallest absolute Gasteiger partial charge is 0.128 e. The Bertz CT molecular complexity index is 463. The number of anilines is 1. The zero-order chi connectivity index (χ0) is 11.5. The van der Waals surface area contributed by atoms with Gasteiger partial charge in [-0.2, -0.15) is 0 Å². The highest BCUT2D eigenvalue weighted by atomic mass is 15.0. The summed E-state index contributed by atoms with van der Waals surface area (Å²) in [5.74, 6) is 1.36. The van der Waals surface area contributed by atoms with Crippen LogP contribution in [0.4, 0.5) is 5.82 Å². The van der Waals surface area contributed by atoms with Crippen molar-refractivity contribution in [2.24, 2.45) is 0 Å². The van der Waals surface area contributed by atoms with E-state index in [-0.39, 0.29) is 6.04 Å². The third-order valence-electron chi connectivity index (χ3n) is 2.48. The Morgan fingerprint density at radius 1 is 1.44 bits per heavy atom. The number of rotatable bonds is 3. The van der Waals surface area contributed by atoms with Crippen LogP contribution in [0.2, 0.25) is 0 Å². The molecule has 0 aliphatic carbocycles. The van der Waals surface area contributed by atoms with E-state index in [1.54, 1.807) is 18.6 Å². The van der Waals surface area contributed by atoms with Gasteiger partial charge in [-0.25, -0.2) is 9.97 Å². The average Bonchev–Trinajstić information content (AvgIpc) is 2.78. The maximum Gasteiger partial charge on any atom is 0.128 e. The molecule has 16 heavy (non-hydrogen) atoms. The minimum absolute atomic E-state index is 0.0533. The zero-order valence-corrected chi connectivity index (χ0v) is 9.36. The van der Waals surface area contributed by atoms with Crippen molar-refractivity contribution in [1.29, 1.82) is 0 Å². The first-order chi connectivity index (χ1) is 7.72. The van der Waals surface area contributed by atoms with E-state index >= 15 is 0 Å². The summed E-state index contributed by atoms with van der Waals surface area (Å²) in [5, 5.41) is 3.18. The molecule has 0 saturated heterocycles. The number of nitrogens with one attached hydrogen (secondary N) is 2. The maximum atomic E-state index is 5.88. The molecule has 5 heteroatoms. The van der Waals surface area contributed by atoms with Crippen LogP contribution in [0.3, 0.4) is 0 Å². The molecule has 4 N–H and O–H groups in total. The van der Waals surface area contributed by atoms with Crippen LogP contribution in [0.25, 0.3) is 0 Å². The van der Waals surface area contributed by atoms with E-state index in [2.05, 4.69) is 20.3 Å². The fourth-order valence-electron chi connectivity index (χ4n) is 1.71. The van der Waals surface area contributed by atoms with Crippen LogP contribution in [0.5, 0.6) is 0 Å². The number of hydrogen-bond acceptors (Lipinski definition) is 4. The lowest BCUT2D eigenvalue weighted by atomic mass is 10.1. The number of aromatic nitrogens is 3. The first-order valence-corrected chi connectivity index (χ1v) is 5.11. The Morgan fingerprint density at radius 2 is 2.25 bits per heavy atom. The minimum Gasteiger partial charge on any atom is -0.383 e. The Morgan fingerprint density at radius 3 is 2.88 bits per heavy atom. The number of H-pyrrole nitrogens is 1. The molecule has 0 fully saturated rings. The molecule has 0 aliphatic heterocycles. The van der Waals surface area contributed by atoms with Crippen LogP contribution in [0, 0.1) is 6.92 Å². The van der Waals surface area contributed by atoms with Gasteiger partial charge >= 0.3 is 0 Å². The summed E-state index contributed by atoms with van der Waals surface area (Å²) in [6.45, 7) is 1.99. The number of nitrogen functional groups attached to an aromatic ring is 1. The Balaban J connectivity index is 2.44. The molecule has 84 valence electrons. The van der Waals surface area contributed by atoms with Gasteiger partial charge in [0.1, 0.15) is 11.6 Å². The van der Waals surface area contributed by atoms with Crippen LogP contribution in [-0.2, 0) is 0 Å². The molecule has 1 unspecified atom stereocenters. The Kier molecular flexibility index (Phi) is 2.87. The monoisotopic (exact) mass is 217 g/mol. The second-order valence-electron chi connectivity index (χ2n) is 3.68. The van der Waals surface area contributed by atoms with Crippen molar-refractivity contribution in [2.75, 3.05) is 12.8 Å². The van der Waals surface area contributed by atoms with Crippen molar-refractivity contribution in [1.82, 2.24) is 20.3 Å². The summed E-state index contributed by atoms with van der Waals surface area (Å²) in [6, 6.07) is 1.97. The minimum atomic E-state index is -0.0533. The number of hydrogen-bond donors (Lipinski definition) is 3. The first kappa shape index (κ1) is 10.6. The van der Waals surface area contributed by atoms with E-state index in [0.29, 0.717) is 5.82 Å². The van der Waals surface area contributed by atoms with Crippen LogP contribution >= 0.6 is 0 Å².